The Hall–Kier alpha value is -2.62. The summed E-state index contributed by atoms with van der Waals surface area (Å²) >= 11 is 0. The van der Waals surface area contributed by atoms with Crippen molar-refractivity contribution in [2.75, 3.05) is 16.8 Å². The molecule has 116 valence electrons. The second kappa shape index (κ2) is 4.95. The molecule has 2 heterocycles. The van der Waals surface area contributed by atoms with E-state index in [1.54, 1.807) is 0 Å². The lowest BCUT2D eigenvalue weighted by atomic mass is 10.0. The number of anilines is 2. The van der Waals surface area contributed by atoms with Crippen LogP contribution in [-0.4, -0.2) is 18.4 Å². The Morgan fingerprint density at radius 2 is 1.91 bits per heavy atom. The fourth-order valence-corrected chi connectivity index (χ4v) is 3.56. The molecule has 4 heteroatoms. The van der Waals surface area contributed by atoms with E-state index >= 15 is 0 Å². The summed E-state index contributed by atoms with van der Waals surface area (Å²) in [5, 5.41) is 2.98. The second-order valence-corrected chi connectivity index (χ2v) is 6.39. The second-order valence-electron chi connectivity index (χ2n) is 6.39. The van der Waals surface area contributed by atoms with Gasteiger partial charge in [-0.1, -0.05) is 17.7 Å². The normalized spacial score (nSPS) is 15.0. The third-order valence-electron chi connectivity index (χ3n) is 4.68. The smallest absolute Gasteiger partial charge is 0.255 e. The molecule has 0 aromatic heterocycles. The zero-order valence-corrected chi connectivity index (χ0v) is 13.3. The average molecular weight is 306 g/mol. The third kappa shape index (κ3) is 2.22. The predicted molar refractivity (Wildman–Crippen MR) is 90.1 cm³/mol. The molecule has 2 aliphatic heterocycles. The minimum atomic E-state index is -0.117. The van der Waals surface area contributed by atoms with Crippen molar-refractivity contribution in [2.24, 2.45) is 0 Å². The van der Waals surface area contributed by atoms with Crippen LogP contribution < -0.4 is 10.2 Å². The maximum atomic E-state index is 12.6. The van der Waals surface area contributed by atoms with Crippen molar-refractivity contribution in [3.05, 3.63) is 58.1 Å². The summed E-state index contributed by atoms with van der Waals surface area (Å²) in [5.74, 6) is 0.0273. The van der Waals surface area contributed by atoms with Crippen LogP contribution in [0.4, 0.5) is 11.4 Å². The minimum Gasteiger partial charge on any atom is -0.322 e. The van der Waals surface area contributed by atoms with Crippen molar-refractivity contribution in [3.8, 4) is 0 Å². The lowest BCUT2D eigenvalue weighted by molar-refractivity contribution is -0.117. The summed E-state index contributed by atoms with van der Waals surface area (Å²) in [6.45, 7) is 4.76. The van der Waals surface area contributed by atoms with Crippen LogP contribution in [-0.2, 0) is 17.6 Å². The molecule has 0 radical (unpaired) electrons. The van der Waals surface area contributed by atoms with Crippen LogP contribution in [0.1, 0.15) is 32.6 Å². The Morgan fingerprint density at radius 3 is 2.70 bits per heavy atom. The molecule has 2 aliphatic rings. The van der Waals surface area contributed by atoms with Crippen molar-refractivity contribution in [2.45, 2.75) is 26.7 Å². The van der Waals surface area contributed by atoms with Crippen molar-refractivity contribution < 1.29 is 9.59 Å². The number of aryl methyl sites for hydroxylation is 2. The standard InChI is InChI=1S/C19H18N2O2/c1-11-3-4-16(12(2)7-11)20-19(23)15-8-13-5-6-21-17(22)10-14(9-15)18(13)21/h3-4,7-9H,5-6,10H2,1-2H3,(H,20,23). The number of benzene rings is 2. The molecule has 0 saturated heterocycles. The van der Waals surface area contributed by atoms with Crippen LogP contribution >= 0.6 is 0 Å². The molecule has 23 heavy (non-hydrogen) atoms. The topological polar surface area (TPSA) is 49.4 Å². The highest BCUT2D eigenvalue weighted by molar-refractivity contribution is 6.08. The van der Waals surface area contributed by atoms with Crippen molar-refractivity contribution in [3.63, 3.8) is 0 Å². The van der Waals surface area contributed by atoms with E-state index in [2.05, 4.69) is 11.4 Å². The van der Waals surface area contributed by atoms with Crippen LogP contribution in [0.25, 0.3) is 0 Å². The molecule has 0 spiro atoms. The molecule has 2 amide bonds. The average Bonchev–Trinajstić information content (AvgIpc) is 3.07. The summed E-state index contributed by atoms with van der Waals surface area (Å²) in [6, 6.07) is 9.76. The van der Waals surface area contributed by atoms with Gasteiger partial charge in [-0.15, -0.1) is 0 Å². The number of amides is 2. The molecule has 0 fully saturated rings. The van der Waals surface area contributed by atoms with E-state index in [-0.39, 0.29) is 11.8 Å². The van der Waals surface area contributed by atoms with Crippen LogP contribution in [0.3, 0.4) is 0 Å². The van der Waals surface area contributed by atoms with E-state index in [1.807, 2.05) is 43.0 Å². The minimum absolute atomic E-state index is 0.117. The lowest BCUT2D eigenvalue weighted by Crippen LogP contribution is -2.24. The predicted octanol–water partition coefficient (Wildman–Crippen LogP) is 3.00. The molecule has 0 unspecified atom stereocenters. The van der Waals surface area contributed by atoms with E-state index in [1.165, 1.54) is 5.56 Å². The van der Waals surface area contributed by atoms with Crippen molar-refractivity contribution in [1.82, 2.24) is 0 Å². The first kappa shape index (κ1) is 14.0. The molecule has 2 aromatic rings. The zero-order valence-electron chi connectivity index (χ0n) is 13.3. The van der Waals surface area contributed by atoms with Gasteiger partial charge in [0, 0.05) is 17.8 Å². The number of nitrogens with zero attached hydrogens (tertiary/aromatic N) is 1. The van der Waals surface area contributed by atoms with Gasteiger partial charge in [0.1, 0.15) is 0 Å². The zero-order chi connectivity index (χ0) is 16.1. The van der Waals surface area contributed by atoms with Gasteiger partial charge in [0.25, 0.3) is 5.91 Å². The molecule has 0 bridgehead atoms. The Bertz CT molecular complexity index is 855. The molecule has 2 aromatic carbocycles. The van der Waals surface area contributed by atoms with Crippen LogP contribution in [0.2, 0.25) is 0 Å². The molecule has 4 nitrogen and oxygen atoms in total. The SMILES string of the molecule is Cc1ccc(NC(=O)c2cc3c4c(c2)CC(=O)N4CC3)c(C)c1. The fourth-order valence-electron chi connectivity index (χ4n) is 3.56. The van der Waals surface area contributed by atoms with E-state index < -0.39 is 0 Å². The maximum Gasteiger partial charge on any atom is 0.255 e. The largest absolute Gasteiger partial charge is 0.322 e. The number of carbonyl (C=O) groups is 2. The Balaban J connectivity index is 1.66. The first-order valence-electron chi connectivity index (χ1n) is 7.88. The van der Waals surface area contributed by atoms with Gasteiger partial charge in [0.15, 0.2) is 0 Å². The van der Waals surface area contributed by atoms with Gasteiger partial charge in [0.05, 0.1) is 12.1 Å². The van der Waals surface area contributed by atoms with Crippen molar-refractivity contribution >= 4 is 23.2 Å². The Kier molecular flexibility index (Phi) is 3.01. The molecule has 0 aliphatic carbocycles. The fraction of sp³-hybridized carbons (Fsp3) is 0.263. The highest BCUT2D eigenvalue weighted by atomic mass is 16.2. The van der Waals surface area contributed by atoms with Crippen LogP contribution in [0.15, 0.2) is 30.3 Å². The highest BCUT2D eigenvalue weighted by Crippen LogP contribution is 2.38. The summed E-state index contributed by atoms with van der Waals surface area (Å²) in [7, 11) is 0. The van der Waals surface area contributed by atoms with Gasteiger partial charge in [-0.3, -0.25) is 9.59 Å². The quantitative estimate of drug-likeness (QED) is 0.927. The van der Waals surface area contributed by atoms with Gasteiger partial charge < -0.3 is 10.2 Å². The molecular weight excluding hydrogens is 288 g/mol. The van der Waals surface area contributed by atoms with Gasteiger partial charge in [-0.25, -0.2) is 0 Å². The number of carbonyl (C=O) groups excluding carboxylic acids is 2. The monoisotopic (exact) mass is 306 g/mol. The van der Waals surface area contributed by atoms with Crippen LogP contribution in [0, 0.1) is 13.8 Å². The Morgan fingerprint density at radius 1 is 1.13 bits per heavy atom. The van der Waals surface area contributed by atoms with E-state index in [0.29, 0.717) is 12.0 Å². The lowest BCUT2D eigenvalue weighted by Gasteiger charge is -2.11. The third-order valence-corrected chi connectivity index (χ3v) is 4.68. The maximum absolute atomic E-state index is 12.6. The Labute approximate surface area is 135 Å². The number of rotatable bonds is 2. The summed E-state index contributed by atoms with van der Waals surface area (Å²) < 4.78 is 0. The summed E-state index contributed by atoms with van der Waals surface area (Å²) in [4.78, 5) is 26.4. The van der Waals surface area contributed by atoms with Gasteiger partial charge in [-0.2, -0.15) is 0 Å². The van der Waals surface area contributed by atoms with E-state index in [9.17, 15) is 9.59 Å². The summed E-state index contributed by atoms with van der Waals surface area (Å²) in [6.07, 6.45) is 1.24. The van der Waals surface area contributed by atoms with Gasteiger partial charge in [-0.05, 0) is 55.2 Å². The first-order chi connectivity index (χ1) is 11.0. The molecular formula is C19H18N2O2. The molecule has 1 N–H and O–H groups in total. The van der Waals surface area contributed by atoms with E-state index in [0.717, 1.165) is 41.0 Å². The van der Waals surface area contributed by atoms with Gasteiger partial charge in [0.2, 0.25) is 5.91 Å². The number of hydrogen-bond acceptors (Lipinski definition) is 2. The van der Waals surface area contributed by atoms with E-state index in [4.69, 9.17) is 0 Å². The highest BCUT2D eigenvalue weighted by Gasteiger charge is 2.34. The molecule has 0 atom stereocenters. The molecule has 4 rings (SSSR count). The number of hydrogen-bond donors (Lipinski definition) is 1. The molecule has 0 saturated carbocycles. The summed E-state index contributed by atoms with van der Waals surface area (Å²) in [5.41, 5.74) is 6.81. The number of nitrogens with one attached hydrogen (secondary N) is 1. The van der Waals surface area contributed by atoms with Crippen LogP contribution in [0.5, 0.6) is 0 Å². The van der Waals surface area contributed by atoms with Gasteiger partial charge >= 0.3 is 0 Å². The first-order valence-corrected chi connectivity index (χ1v) is 7.88. The van der Waals surface area contributed by atoms with Crippen molar-refractivity contribution in [1.29, 1.82) is 0 Å².